The standard InChI is InChI=1S/C39H34F2N4O4S2/c1-23-17-28(36(42-20-23)44-21-39(22-44)11-14-49-15-12-39)37(47)43-26-7-5-24(6-8-26)38(48)45-13-9-25-18-33(51-34(25)35-31(45)10-16-50-35)32(46)19-27-29(40)3-2-4-30(27)41/h2-8,10,16-18,20H,9,11-15,19,21-22H2,1H3,(H,43,47)/i5D,6D,7D,8D. The lowest BCUT2D eigenvalue weighted by molar-refractivity contribution is -0.000511. The number of hydrogen-bond acceptors (Lipinski definition) is 8. The average Bonchev–Trinajstić information content (AvgIpc) is 3.78. The predicted molar refractivity (Wildman–Crippen MR) is 195 cm³/mol. The average molecular weight is 729 g/mol. The Morgan fingerprint density at radius 1 is 1.04 bits per heavy atom. The topological polar surface area (TPSA) is 91.8 Å². The Morgan fingerprint density at radius 3 is 2.53 bits per heavy atom. The first kappa shape index (κ1) is 28.9. The van der Waals surface area contributed by atoms with Gasteiger partial charge in [0.25, 0.3) is 11.8 Å². The lowest BCUT2D eigenvalue weighted by Crippen LogP contribution is -2.59. The first-order valence-electron chi connectivity index (χ1n) is 18.6. The second-order valence-electron chi connectivity index (χ2n) is 13.2. The molecular formula is C39H34F2N4O4S2. The van der Waals surface area contributed by atoms with Gasteiger partial charge in [0.15, 0.2) is 5.78 Å². The molecule has 0 unspecified atom stereocenters. The van der Waals surface area contributed by atoms with Gasteiger partial charge in [0, 0.05) is 67.7 Å². The smallest absolute Gasteiger partial charge is 0.259 e. The third-order valence-electron chi connectivity index (χ3n) is 9.71. The fourth-order valence-corrected chi connectivity index (χ4v) is 9.19. The fraction of sp³-hybridized carbons (Fsp3) is 0.282. The van der Waals surface area contributed by atoms with Crippen molar-refractivity contribution < 1.29 is 33.4 Å². The van der Waals surface area contributed by atoms with Gasteiger partial charge in [-0.25, -0.2) is 13.8 Å². The summed E-state index contributed by atoms with van der Waals surface area (Å²) < 4.78 is 69.5. The van der Waals surface area contributed by atoms with Crippen LogP contribution in [0.3, 0.4) is 0 Å². The number of aryl methyl sites for hydroxylation is 1. The van der Waals surface area contributed by atoms with Crippen LogP contribution >= 0.6 is 22.7 Å². The molecular weight excluding hydrogens is 691 g/mol. The van der Waals surface area contributed by atoms with Crippen molar-refractivity contribution in [2.45, 2.75) is 32.6 Å². The summed E-state index contributed by atoms with van der Waals surface area (Å²) >= 11 is 2.49. The van der Waals surface area contributed by atoms with Gasteiger partial charge >= 0.3 is 0 Å². The number of nitrogens with zero attached hydrogens (tertiary/aromatic N) is 3. The molecule has 2 saturated heterocycles. The third-order valence-corrected chi connectivity index (χ3v) is 12.0. The second kappa shape index (κ2) is 13.4. The summed E-state index contributed by atoms with van der Waals surface area (Å²) in [4.78, 5) is 50.9. The van der Waals surface area contributed by atoms with Crippen LogP contribution in [0.5, 0.6) is 0 Å². The third kappa shape index (κ3) is 6.36. The van der Waals surface area contributed by atoms with E-state index in [-0.39, 0.29) is 35.2 Å². The van der Waals surface area contributed by atoms with Gasteiger partial charge in [-0.05, 0) is 97.2 Å². The van der Waals surface area contributed by atoms with Crippen LogP contribution in [0.25, 0.3) is 9.75 Å². The van der Waals surface area contributed by atoms with E-state index in [9.17, 15) is 23.2 Å². The van der Waals surface area contributed by atoms with E-state index in [0.29, 0.717) is 34.5 Å². The second-order valence-corrected chi connectivity index (χ2v) is 15.1. The van der Waals surface area contributed by atoms with E-state index in [1.54, 1.807) is 36.7 Å². The minimum atomic E-state index is -0.797. The van der Waals surface area contributed by atoms with E-state index < -0.39 is 65.4 Å². The van der Waals surface area contributed by atoms with E-state index in [4.69, 9.17) is 10.2 Å². The molecule has 2 amide bonds. The number of thiophene rings is 2. The van der Waals surface area contributed by atoms with Gasteiger partial charge in [-0.1, -0.05) is 6.07 Å². The highest BCUT2D eigenvalue weighted by molar-refractivity contribution is 7.23. The van der Waals surface area contributed by atoms with E-state index in [1.165, 1.54) is 33.6 Å². The number of hydrogen-bond donors (Lipinski definition) is 1. The minimum absolute atomic E-state index is 0.0911. The molecule has 3 aliphatic heterocycles. The van der Waals surface area contributed by atoms with Crippen LogP contribution in [0.15, 0.2) is 72.1 Å². The van der Waals surface area contributed by atoms with Gasteiger partial charge in [0.2, 0.25) is 0 Å². The Hall–Kier alpha value is -4.78. The van der Waals surface area contributed by atoms with Gasteiger partial charge in [-0.3, -0.25) is 14.4 Å². The van der Waals surface area contributed by atoms with E-state index in [0.717, 1.165) is 54.1 Å². The molecule has 1 N–H and O–H groups in total. The number of ketones is 1. The van der Waals surface area contributed by atoms with Gasteiger partial charge in [0.05, 0.1) is 31.4 Å². The number of ether oxygens (including phenoxy) is 1. The highest BCUT2D eigenvalue weighted by Gasteiger charge is 2.45. The molecule has 12 heteroatoms. The van der Waals surface area contributed by atoms with E-state index in [1.807, 2.05) is 4.90 Å². The van der Waals surface area contributed by atoms with Gasteiger partial charge in [0.1, 0.15) is 17.5 Å². The van der Waals surface area contributed by atoms with Crippen LogP contribution in [0, 0.1) is 24.0 Å². The number of nitrogens with one attached hydrogen (secondary N) is 1. The van der Waals surface area contributed by atoms with Crippen molar-refractivity contribution in [2.75, 3.05) is 48.0 Å². The number of amides is 2. The first-order valence-corrected chi connectivity index (χ1v) is 18.2. The van der Waals surface area contributed by atoms with Crippen LogP contribution in [0.2, 0.25) is 0 Å². The number of rotatable bonds is 7. The monoisotopic (exact) mass is 728 g/mol. The molecule has 3 aromatic heterocycles. The normalized spacial score (nSPS) is 17.3. The molecule has 0 bridgehead atoms. The van der Waals surface area contributed by atoms with Crippen molar-refractivity contribution >= 4 is 57.5 Å². The Morgan fingerprint density at radius 2 is 1.78 bits per heavy atom. The zero-order valence-corrected chi connectivity index (χ0v) is 29.2. The maximum atomic E-state index is 14.3. The summed E-state index contributed by atoms with van der Waals surface area (Å²) in [5.74, 6) is -2.95. The number of carbonyl (C=O) groups is 3. The highest BCUT2D eigenvalue weighted by Crippen LogP contribution is 2.46. The van der Waals surface area contributed by atoms with Crippen molar-refractivity contribution in [3.8, 4) is 9.75 Å². The first-order chi connectivity index (χ1) is 26.4. The van der Waals surface area contributed by atoms with Gasteiger partial charge in [-0.2, -0.15) is 0 Å². The van der Waals surface area contributed by atoms with Crippen molar-refractivity contribution in [1.82, 2.24) is 4.98 Å². The van der Waals surface area contributed by atoms with E-state index in [2.05, 4.69) is 10.3 Å². The summed E-state index contributed by atoms with van der Waals surface area (Å²) in [5, 5.41) is 4.36. The molecule has 3 aliphatic rings. The number of benzene rings is 2. The number of anilines is 3. The number of fused-ring (bicyclic) bond motifs is 3. The zero-order valence-electron chi connectivity index (χ0n) is 31.5. The quantitative estimate of drug-likeness (QED) is 0.171. The molecule has 51 heavy (non-hydrogen) atoms. The lowest BCUT2D eigenvalue weighted by Gasteiger charge is -2.53. The van der Waals surface area contributed by atoms with Crippen molar-refractivity contribution in [2.24, 2.45) is 5.41 Å². The minimum Gasteiger partial charge on any atom is -0.381 e. The molecule has 2 fully saturated rings. The van der Waals surface area contributed by atoms with Gasteiger partial charge < -0.3 is 19.9 Å². The summed E-state index contributed by atoms with van der Waals surface area (Å²) in [5.41, 5.74) is 1.21. The number of carbonyl (C=O) groups excluding carboxylic acids is 3. The largest absolute Gasteiger partial charge is 0.381 e. The van der Waals surface area contributed by atoms with Crippen molar-refractivity contribution in [3.05, 3.63) is 116 Å². The molecule has 0 aliphatic carbocycles. The summed E-state index contributed by atoms with van der Waals surface area (Å²) in [7, 11) is 0. The van der Waals surface area contributed by atoms with E-state index >= 15 is 0 Å². The van der Waals surface area contributed by atoms with Crippen molar-refractivity contribution in [1.29, 1.82) is 0 Å². The number of pyridine rings is 1. The summed E-state index contributed by atoms with van der Waals surface area (Å²) in [6.45, 7) is 4.72. The molecule has 2 aromatic carbocycles. The summed E-state index contributed by atoms with van der Waals surface area (Å²) in [6, 6.07) is 6.17. The number of aromatic nitrogens is 1. The molecule has 0 atom stereocenters. The number of Topliss-reactive ketones (excluding diaryl/α,β-unsaturated/α-hetero) is 1. The molecule has 8 nitrogen and oxygen atoms in total. The van der Waals surface area contributed by atoms with Crippen LogP contribution < -0.4 is 15.1 Å². The fourth-order valence-electron chi connectivity index (χ4n) is 6.95. The molecule has 1 spiro atoms. The van der Waals surface area contributed by atoms with Crippen LogP contribution in [-0.2, 0) is 17.6 Å². The molecule has 5 aromatic rings. The Bertz CT molecular complexity index is 2360. The summed E-state index contributed by atoms with van der Waals surface area (Å²) in [6.07, 6.45) is 3.36. The zero-order chi connectivity index (χ0) is 38.8. The molecule has 0 saturated carbocycles. The van der Waals surface area contributed by atoms with Gasteiger partial charge in [-0.15, -0.1) is 22.7 Å². The number of halogens is 2. The van der Waals surface area contributed by atoms with Crippen molar-refractivity contribution in [3.63, 3.8) is 0 Å². The van der Waals surface area contributed by atoms with Crippen LogP contribution in [0.4, 0.5) is 26.0 Å². The van der Waals surface area contributed by atoms with Crippen LogP contribution in [0.1, 0.15) is 65.4 Å². The molecule has 8 rings (SSSR count). The molecule has 0 radical (unpaired) electrons. The predicted octanol–water partition coefficient (Wildman–Crippen LogP) is 7.96. The van der Waals surface area contributed by atoms with Crippen LogP contribution in [-0.4, -0.2) is 55.4 Å². The maximum Gasteiger partial charge on any atom is 0.259 e. The highest BCUT2D eigenvalue weighted by atomic mass is 32.1. The Labute approximate surface area is 307 Å². The lowest BCUT2D eigenvalue weighted by atomic mass is 9.73. The molecule has 6 heterocycles. The SMILES string of the molecule is [2H]c1c([2H])c(C(=O)N2CCc3cc(C(=O)Cc4c(F)cccc4F)sc3-c3sccc32)c([2H])c([2H])c1NC(=O)c1cc(C)cnc1N1CC2(CCOCC2)C1. The Kier molecular flexibility index (Phi) is 7.59. The Balaban J connectivity index is 1.05. The maximum absolute atomic E-state index is 14.3. The molecule has 260 valence electrons.